The van der Waals surface area contributed by atoms with E-state index in [0.717, 1.165) is 11.8 Å². The molecular weight excluding hydrogens is 256 g/mol. The van der Waals surface area contributed by atoms with Crippen molar-refractivity contribution in [3.63, 3.8) is 0 Å². The van der Waals surface area contributed by atoms with Crippen LogP contribution in [-0.4, -0.2) is 36.1 Å². The lowest BCUT2D eigenvalue weighted by Gasteiger charge is -2.29. The van der Waals surface area contributed by atoms with Crippen LogP contribution in [0.1, 0.15) is 18.4 Å². The number of rotatable bonds is 4. The van der Waals surface area contributed by atoms with E-state index in [9.17, 15) is 9.59 Å². The lowest BCUT2D eigenvalue weighted by Crippen LogP contribution is -2.40. The average molecular weight is 274 g/mol. The number of ether oxygens (including phenoxy) is 1. The monoisotopic (exact) mass is 274 g/mol. The van der Waals surface area contributed by atoms with E-state index >= 15 is 0 Å². The van der Waals surface area contributed by atoms with Crippen molar-refractivity contribution in [2.75, 3.05) is 13.1 Å². The molecule has 0 spiro atoms. The van der Waals surface area contributed by atoms with Crippen LogP contribution in [0.3, 0.4) is 0 Å². The van der Waals surface area contributed by atoms with Crippen molar-refractivity contribution in [3.8, 4) is 0 Å². The Morgan fingerprint density at radius 2 is 1.90 bits per heavy atom. The van der Waals surface area contributed by atoms with Gasteiger partial charge in [-0.1, -0.05) is 30.3 Å². The maximum atomic E-state index is 11.9. The van der Waals surface area contributed by atoms with Crippen LogP contribution < -0.4 is 0 Å². The summed E-state index contributed by atoms with van der Waals surface area (Å²) in [7, 11) is 0. The average Bonchev–Trinajstić information content (AvgIpc) is 2.53. The van der Waals surface area contributed by atoms with E-state index in [1.807, 2.05) is 30.3 Å². The number of carbonyl (C=O) groups is 2. The molecule has 1 heterocycles. The van der Waals surface area contributed by atoms with Gasteiger partial charge in [0.15, 0.2) is 5.78 Å². The Balaban J connectivity index is 1.77. The molecule has 1 aliphatic heterocycles. The quantitative estimate of drug-likeness (QED) is 0.856. The predicted molar refractivity (Wildman–Crippen MR) is 74.7 cm³/mol. The highest BCUT2D eigenvalue weighted by Gasteiger charge is 2.26. The van der Waals surface area contributed by atoms with Crippen LogP contribution in [0.5, 0.6) is 0 Å². The summed E-state index contributed by atoms with van der Waals surface area (Å²) in [5, 5.41) is 6.96. The zero-order valence-corrected chi connectivity index (χ0v) is 11.2. The number of hydrogen-bond acceptors (Lipinski definition) is 4. The Morgan fingerprint density at radius 1 is 1.25 bits per heavy atom. The zero-order valence-electron chi connectivity index (χ0n) is 11.2. The molecule has 2 rings (SSSR count). The molecule has 1 N–H and O–H groups in total. The maximum Gasteiger partial charge on any atom is 0.410 e. The van der Waals surface area contributed by atoms with Gasteiger partial charge in [0.1, 0.15) is 6.61 Å². The van der Waals surface area contributed by atoms with Gasteiger partial charge in [-0.05, 0) is 18.4 Å². The summed E-state index contributed by atoms with van der Waals surface area (Å²) >= 11 is 0. The molecule has 1 aliphatic rings. The first-order chi connectivity index (χ1) is 9.70. The number of ketones is 1. The molecule has 5 nitrogen and oxygen atoms in total. The highest BCUT2D eigenvalue weighted by atomic mass is 16.6. The Labute approximate surface area is 118 Å². The highest BCUT2D eigenvalue weighted by Crippen LogP contribution is 2.18. The minimum absolute atomic E-state index is 0.120. The van der Waals surface area contributed by atoms with Crippen molar-refractivity contribution in [1.82, 2.24) is 4.90 Å². The second-order valence-electron chi connectivity index (χ2n) is 4.85. The minimum atomic E-state index is -0.338. The van der Waals surface area contributed by atoms with E-state index in [-0.39, 0.29) is 24.4 Å². The van der Waals surface area contributed by atoms with Gasteiger partial charge in [-0.2, -0.15) is 0 Å². The standard InChI is InChI=1S/C15H18N2O3/c16-10-14(18)13-6-8-17(9-7-13)15(19)20-11-12-4-2-1-3-5-12/h1-5,10,13,16H,6-9,11H2. The molecule has 106 valence electrons. The number of hydrogen-bond donors (Lipinski definition) is 1. The number of amides is 1. The van der Waals surface area contributed by atoms with Gasteiger partial charge in [-0.15, -0.1) is 0 Å². The molecule has 0 saturated carbocycles. The Bertz CT molecular complexity index is 479. The predicted octanol–water partition coefficient (Wildman–Crippen LogP) is 2.25. The van der Waals surface area contributed by atoms with E-state index in [2.05, 4.69) is 0 Å². The first-order valence-electron chi connectivity index (χ1n) is 6.70. The summed E-state index contributed by atoms with van der Waals surface area (Å²) in [6.45, 7) is 1.29. The summed E-state index contributed by atoms with van der Waals surface area (Å²) < 4.78 is 5.25. The van der Waals surface area contributed by atoms with Gasteiger partial charge >= 0.3 is 6.09 Å². The molecule has 1 aromatic rings. The largest absolute Gasteiger partial charge is 0.445 e. The van der Waals surface area contributed by atoms with E-state index in [1.54, 1.807) is 4.90 Å². The molecular formula is C15H18N2O3. The van der Waals surface area contributed by atoms with Crippen LogP contribution in [0.4, 0.5) is 4.79 Å². The van der Waals surface area contributed by atoms with Gasteiger partial charge in [-0.25, -0.2) is 4.79 Å². The first-order valence-corrected chi connectivity index (χ1v) is 6.70. The number of nitrogens with one attached hydrogen (secondary N) is 1. The summed E-state index contributed by atoms with van der Waals surface area (Å²) in [5.74, 6) is -0.270. The zero-order chi connectivity index (χ0) is 14.4. The second kappa shape index (κ2) is 6.84. The van der Waals surface area contributed by atoms with Crippen molar-refractivity contribution in [1.29, 1.82) is 5.41 Å². The first kappa shape index (κ1) is 14.2. The van der Waals surface area contributed by atoms with Crippen LogP contribution in [0.15, 0.2) is 30.3 Å². The van der Waals surface area contributed by atoms with E-state index in [1.165, 1.54) is 0 Å². The highest BCUT2D eigenvalue weighted by molar-refractivity contribution is 6.27. The summed E-state index contributed by atoms with van der Waals surface area (Å²) in [5.41, 5.74) is 0.953. The van der Waals surface area contributed by atoms with Crippen molar-refractivity contribution >= 4 is 18.1 Å². The van der Waals surface area contributed by atoms with Crippen LogP contribution in [0, 0.1) is 11.3 Å². The third-order valence-corrected chi connectivity index (χ3v) is 3.50. The maximum absolute atomic E-state index is 11.9. The molecule has 0 atom stereocenters. The molecule has 1 amide bonds. The van der Waals surface area contributed by atoms with E-state index in [0.29, 0.717) is 25.9 Å². The topological polar surface area (TPSA) is 70.5 Å². The number of carbonyl (C=O) groups excluding carboxylic acids is 2. The van der Waals surface area contributed by atoms with Crippen LogP contribution in [0.25, 0.3) is 0 Å². The molecule has 1 saturated heterocycles. The number of piperidine rings is 1. The summed E-state index contributed by atoms with van der Waals surface area (Å²) in [6.07, 6.45) is 1.74. The molecule has 1 fully saturated rings. The van der Waals surface area contributed by atoms with Crippen molar-refractivity contribution in [3.05, 3.63) is 35.9 Å². The number of likely N-dealkylation sites (tertiary alicyclic amines) is 1. The summed E-state index contributed by atoms with van der Waals surface area (Å²) in [4.78, 5) is 24.9. The Morgan fingerprint density at radius 3 is 2.50 bits per heavy atom. The molecule has 5 heteroatoms. The van der Waals surface area contributed by atoms with Crippen LogP contribution >= 0.6 is 0 Å². The third-order valence-electron chi connectivity index (χ3n) is 3.50. The third kappa shape index (κ3) is 3.66. The molecule has 20 heavy (non-hydrogen) atoms. The fourth-order valence-electron chi connectivity index (χ4n) is 2.28. The van der Waals surface area contributed by atoms with Crippen LogP contribution in [-0.2, 0) is 16.1 Å². The Kier molecular flexibility index (Phi) is 4.87. The molecule has 1 aromatic carbocycles. The van der Waals surface area contributed by atoms with E-state index < -0.39 is 0 Å². The summed E-state index contributed by atoms with van der Waals surface area (Å²) in [6, 6.07) is 9.52. The number of Topliss-reactive ketones (excluding diaryl/α,β-unsaturated/α-hetero) is 1. The van der Waals surface area contributed by atoms with Gasteiger partial charge in [0, 0.05) is 19.0 Å². The van der Waals surface area contributed by atoms with Crippen molar-refractivity contribution < 1.29 is 14.3 Å². The Hall–Kier alpha value is -2.17. The molecule has 0 aliphatic carbocycles. The smallest absolute Gasteiger partial charge is 0.410 e. The molecule has 0 bridgehead atoms. The van der Waals surface area contributed by atoms with Crippen molar-refractivity contribution in [2.45, 2.75) is 19.4 Å². The number of nitrogens with zero attached hydrogens (tertiary/aromatic N) is 1. The fraction of sp³-hybridized carbons (Fsp3) is 0.400. The molecule has 0 aromatic heterocycles. The van der Waals surface area contributed by atoms with Crippen LogP contribution in [0.2, 0.25) is 0 Å². The minimum Gasteiger partial charge on any atom is -0.445 e. The molecule has 0 unspecified atom stereocenters. The molecule has 0 radical (unpaired) electrons. The fourth-order valence-corrected chi connectivity index (χ4v) is 2.28. The normalized spacial score (nSPS) is 15.7. The lowest BCUT2D eigenvalue weighted by molar-refractivity contribution is -0.117. The van der Waals surface area contributed by atoms with Gasteiger partial charge in [0.05, 0.1) is 6.21 Å². The SMILES string of the molecule is N=CC(=O)C1CCN(C(=O)OCc2ccccc2)CC1. The van der Waals surface area contributed by atoms with Gasteiger partial charge < -0.3 is 15.0 Å². The number of benzene rings is 1. The second-order valence-corrected chi connectivity index (χ2v) is 4.85. The van der Waals surface area contributed by atoms with Gasteiger partial charge in [0.2, 0.25) is 0 Å². The van der Waals surface area contributed by atoms with Gasteiger partial charge in [0.25, 0.3) is 0 Å². The van der Waals surface area contributed by atoms with E-state index in [4.69, 9.17) is 10.1 Å². The lowest BCUT2D eigenvalue weighted by atomic mass is 9.93. The van der Waals surface area contributed by atoms with Crippen molar-refractivity contribution in [2.24, 2.45) is 5.92 Å². The van der Waals surface area contributed by atoms with Gasteiger partial charge in [-0.3, -0.25) is 4.79 Å².